The van der Waals surface area contributed by atoms with Crippen molar-refractivity contribution in [3.05, 3.63) is 64.7 Å². The third-order valence-electron chi connectivity index (χ3n) is 3.27. The lowest BCUT2D eigenvalue weighted by Gasteiger charge is -2.17. The van der Waals surface area contributed by atoms with Crippen LogP contribution in [0.2, 0.25) is 5.02 Å². The Kier molecular flexibility index (Phi) is 4.86. The maximum absolute atomic E-state index is 12.0. The third-order valence-corrected chi connectivity index (χ3v) is 3.52. The molecule has 3 nitrogen and oxygen atoms in total. The maximum atomic E-state index is 12.0. The molecule has 0 fully saturated rings. The van der Waals surface area contributed by atoms with Crippen molar-refractivity contribution in [1.29, 1.82) is 0 Å². The van der Waals surface area contributed by atoms with Gasteiger partial charge in [-0.25, -0.2) is 0 Å². The molecular weight excluding hydrogens is 284 g/mol. The van der Waals surface area contributed by atoms with Gasteiger partial charge in [-0.1, -0.05) is 29.8 Å². The van der Waals surface area contributed by atoms with Crippen LogP contribution in [-0.2, 0) is 0 Å². The van der Waals surface area contributed by atoms with Gasteiger partial charge < -0.3 is 10.2 Å². The number of hydrogen-bond acceptors (Lipinski definition) is 2. The molecule has 0 spiro atoms. The molecule has 0 bridgehead atoms. The second-order valence-corrected chi connectivity index (χ2v) is 5.63. The normalized spacial score (nSPS) is 11.8. The summed E-state index contributed by atoms with van der Waals surface area (Å²) in [6.45, 7) is 2.07. The fourth-order valence-electron chi connectivity index (χ4n) is 2.08. The topological polar surface area (TPSA) is 32.3 Å². The second kappa shape index (κ2) is 6.64. The Morgan fingerprint density at radius 2 is 1.81 bits per heavy atom. The van der Waals surface area contributed by atoms with E-state index in [0.717, 1.165) is 16.3 Å². The van der Waals surface area contributed by atoms with Crippen LogP contribution >= 0.6 is 11.6 Å². The number of nitrogens with zero attached hydrogens (tertiary/aromatic N) is 1. The van der Waals surface area contributed by atoms with Crippen molar-refractivity contribution in [3.8, 4) is 0 Å². The van der Waals surface area contributed by atoms with Crippen LogP contribution in [0.5, 0.6) is 0 Å². The SMILES string of the molecule is CC(Nc1cccc(C(=O)N(C)C)c1)c1ccc(Cl)cc1. The Labute approximate surface area is 130 Å². The number of hydrogen-bond donors (Lipinski definition) is 1. The molecule has 1 amide bonds. The van der Waals surface area contributed by atoms with Crippen molar-refractivity contribution >= 4 is 23.2 Å². The first-order chi connectivity index (χ1) is 9.97. The third kappa shape index (κ3) is 3.99. The van der Waals surface area contributed by atoms with Gasteiger partial charge >= 0.3 is 0 Å². The summed E-state index contributed by atoms with van der Waals surface area (Å²) in [4.78, 5) is 13.5. The lowest BCUT2D eigenvalue weighted by Crippen LogP contribution is -2.21. The van der Waals surface area contributed by atoms with Crippen molar-refractivity contribution in [3.63, 3.8) is 0 Å². The number of amides is 1. The van der Waals surface area contributed by atoms with Crippen molar-refractivity contribution in [1.82, 2.24) is 4.90 Å². The molecule has 0 aliphatic carbocycles. The van der Waals surface area contributed by atoms with E-state index < -0.39 is 0 Å². The van der Waals surface area contributed by atoms with Crippen LogP contribution in [-0.4, -0.2) is 24.9 Å². The predicted octanol–water partition coefficient (Wildman–Crippen LogP) is 4.21. The van der Waals surface area contributed by atoms with E-state index in [4.69, 9.17) is 11.6 Å². The molecule has 4 heteroatoms. The van der Waals surface area contributed by atoms with Gasteiger partial charge in [-0.2, -0.15) is 0 Å². The summed E-state index contributed by atoms with van der Waals surface area (Å²) < 4.78 is 0. The van der Waals surface area contributed by atoms with Crippen LogP contribution in [0.4, 0.5) is 5.69 Å². The number of rotatable bonds is 4. The molecule has 1 N–H and O–H groups in total. The van der Waals surface area contributed by atoms with Crippen LogP contribution in [0.15, 0.2) is 48.5 Å². The minimum atomic E-state index is -0.00204. The van der Waals surface area contributed by atoms with E-state index in [0.29, 0.717) is 5.56 Å². The minimum Gasteiger partial charge on any atom is -0.379 e. The zero-order valence-electron chi connectivity index (χ0n) is 12.4. The average Bonchev–Trinajstić information content (AvgIpc) is 2.47. The van der Waals surface area contributed by atoms with E-state index in [1.807, 2.05) is 48.5 Å². The standard InChI is InChI=1S/C17H19ClN2O/c1-12(13-7-9-15(18)10-8-13)19-16-6-4-5-14(11-16)17(21)20(2)3/h4-12,19H,1-3H3. The second-order valence-electron chi connectivity index (χ2n) is 5.20. The number of anilines is 1. The van der Waals surface area contributed by atoms with E-state index in [-0.39, 0.29) is 11.9 Å². The molecule has 21 heavy (non-hydrogen) atoms. The van der Waals surface area contributed by atoms with Crippen LogP contribution in [0.1, 0.15) is 28.9 Å². The van der Waals surface area contributed by atoms with Gasteiger partial charge in [-0.05, 0) is 42.8 Å². The Morgan fingerprint density at radius 3 is 2.43 bits per heavy atom. The molecule has 0 saturated heterocycles. The molecule has 1 atom stereocenters. The number of carbonyl (C=O) groups excluding carboxylic acids is 1. The van der Waals surface area contributed by atoms with Crippen LogP contribution < -0.4 is 5.32 Å². The van der Waals surface area contributed by atoms with Gasteiger partial charge in [0.05, 0.1) is 0 Å². The summed E-state index contributed by atoms with van der Waals surface area (Å²) in [5, 5.41) is 4.12. The predicted molar refractivity (Wildman–Crippen MR) is 87.9 cm³/mol. The van der Waals surface area contributed by atoms with Crippen molar-refractivity contribution in [2.24, 2.45) is 0 Å². The van der Waals surface area contributed by atoms with Crippen LogP contribution in [0.3, 0.4) is 0 Å². The summed E-state index contributed by atoms with van der Waals surface area (Å²) in [6.07, 6.45) is 0. The molecule has 0 aliphatic heterocycles. The van der Waals surface area contributed by atoms with Crippen LogP contribution in [0, 0.1) is 0 Å². The number of benzene rings is 2. The molecule has 1 unspecified atom stereocenters. The van der Waals surface area contributed by atoms with Gasteiger partial charge in [0.15, 0.2) is 0 Å². The van der Waals surface area contributed by atoms with E-state index in [2.05, 4.69) is 12.2 Å². The largest absolute Gasteiger partial charge is 0.379 e. The fraction of sp³-hybridized carbons (Fsp3) is 0.235. The zero-order chi connectivity index (χ0) is 15.4. The van der Waals surface area contributed by atoms with Crippen molar-refractivity contribution in [2.45, 2.75) is 13.0 Å². The Hall–Kier alpha value is -2.00. The van der Waals surface area contributed by atoms with Crippen molar-refractivity contribution in [2.75, 3.05) is 19.4 Å². The van der Waals surface area contributed by atoms with Crippen LogP contribution in [0.25, 0.3) is 0 Å². The van der Waals surface area contributed by atoms with E-state index in [1.165, 1.54) is 0 Å². The first kappa shape index (κ1) is 15.4. The number of carbonyl (C=O) groups is 1. The molecular formula is C17H19ClN2O. The highest BCUT2D eigenvalue weighted by Gasteiger charge is 2.10. The monoisotopic (exact) mass is 302 g/mol. The molecule has 0 aromatic heterocycles. The van der Waals surface area contributed by atoms with Gasteiger partial charge in [0.25, 0.3) is 5.91 Å². The minimum absolute atomic E-state index is 0.00204. The molecule has 2 rings (SSSR count). The highest BCUT2D eigenvalue weighted by molar-refractivity contribution is 6.30. The fourth-order valence-corrected chi connectivity index (χ4v) is 2.21. The van der Waals surface area contributed by atoms with Gasteiger partial charge in [0.2, 0.25) is 0 Å². The number of nitrogens with one attached hydrogen (secondary N) is 1. The summed E-state index contributed by atoms with van der Waals surface area (Å²) in [7, 11) is 3.50. The summed E-state index contributed by atoms with van der Waals surface area (Å²) >= 11 is 5.90. The molecule has 0 aliphatic rings. The summed E-state index contributed by atoms with van der Waals surface area (Å²) in [5.74, 6) is -0.00204. The molecule has 2 aromatic rings. The Bertz CT molecular complexity index is 623. The smallest absolute Gasteiger partial charge is 0.253 e. The van der Waals surface area contributed by atoms with E-state index in [1.54, 1.807) is 19.0 Å². The molecule has 0 heterocycles. The summed E-state index contributed by atoms with van der Waals surface area (Å²) in [5.41, 5.74) is 2.74. The van der Waals surface area contributed by atoms with Gasteiger partial charge in [0, 0.05) is 36.4 Å². The van der Waals surface area contributed by atoms with Gasteiger partial charge in [-0.3, -0.25) is 4.79 Å². The Balaban J connectivity index is 2.14. The lowest BCUT2D eigenvalue weighted by molar-refractivity contribution is 0.0827. The van der Waals surface area contributed by atoms with Crippen molar-refractivity contribution < 1.29 is 4.79 Å². The zero-order valence-corrected chi connectivity index (χ0v) is 13.2. The molecule has 0 saturated carbocycles. The van der Waals surface area contributed by atoms with Gasteiger partial charge in [-0.15, -0.1) is 0 Å². The summed E-state index contributed by atoms with van der Waals surface area (Å²) in [6, 6.07) is 15.4. The molecule has 2 aromatic carbocycles. The lowest BCUT2D eigenvalue weighted by atomic mass is 10.1. The molecule has 0 radical (unpaired) electrons. The first-order valence-electron chi connectivity index (χ1n) is 6.81. The molecule has 110 valence electrons. The average molecular weight is 303 g/mol. The van der Waals surface area contributed by atoms with E-state index >= 15 is 0 Å². The quantitative estimate of drug-likeness (QED) is 0.917. The number of halogens is 1. The first-order valence-corrected chi connectivity index (χ1v) is 7.19. The highest BCUT2D eigenvalue weighted by Crippen LogP contribution is 2.21. The van der Waals surface area contributed by atoms with E-state index in [9.17, 15) is 4.79 Å². The van der Waals surface area contributed by atoms with Gasteiger partial charge in [0.1, 0.15) is 0 Å². The Morgan fingerprint density at radius 1 is 1.14 bits per heavy atom. The maximum Gasteiger partial charge on any atom is 0.253 e. The highest BCUT2D eigenvalue weighted by atomic mass is 35.5.